The second-order valence-electron chi connectivity index (χ2n) is 17.4. The summed E-state index contributed by atoms with van der Waals surface area (Å²) in [6.45, 7) is -0.239. The second-order valence-corrected chi connectivity index (χ2v) is 17.4. The lowest BCUT2D eigenvalue weighted by Crippen LogP contribution is -2.62. The molecule has 0 fully saturated rings. The minimum atomic E-state index is -1.79. The highest BCUT2D eigenvalue weighted by Crippen LogP contribution is 2.10. The number of carboxylic acids is 1. The van der Waals surface area contributed by atoms with Crippen LogP contribution < -0.4 is 53.6 Å². The molecule has 400 valence electrons. The molecule has 0 saturated carbocycles. The molecule has 0 spiro atoms. The number of aliphatic hydroxyl groups excluding tert-OH is 2. The lowest BCUT2D eigenvalue weighted by molar-refractivity contribution is -0.141. The zero-order valence-corrected chi connectivity index (χ0v) is 41.3. The molecular weight excluding hydrogens is 973 g/mol. The van der Waals surface area contributed by atoms with E-state index < -0.39 is 134 Å². The van der Waals surface area contributed by atoms with E-state index in [1.165, 1.54) is 6.92 Å². The lowest BCUT2D eigenvalue weighted by atomic mass is 10.0. The van der Waals surface area contributed by atoms with Crippen LogP contribution in [0.2, 0.25) is 0 Å². The molecule has 14 N–H and O–H groups in total. The van der Waals surface area contributed by atoms with E-state index in [1.54, 1.807) is 121 Å². The van der Waals surface area contributed by atoms with E-state index in [1.807, 2.05) is 0 Å². The molecule has 75 heavy (non-hydrogen) atoms. The first-order chi connectivity index (χ1) is 35.9. The van der Waals surface area contributed by atoms with Crippen LogP contribution in [0.4, 0.5) is 0 Å². The van der Waals surface area contributed by atoms with Crippen molar-refractivity contribution in [1.29, 1.82) is 0 Å². The van der Waals surface area contributed by atoms with E-state index in [2.05, 4.69) is 47.9 Å². The molecule has 0 aromatic heterocycles. The zero-order chi connectivity index (χ0) is 54.9. The maximum atomic E-state index is 14.3. The molecular formula is C52H64N10O13. The van der Waals surface area contributed by atoms with Crippen molar-refractivity contribution in [3.8, 4) is 0 Å². The Morgan fingerprint density at radius 3 is 1.17 bits per heavy atom. The summed E-state index contributed by atoms with van der Waals surface area (Å²) in [6, 6.07) is 24.2. The van der Waals surface area contributed by atoms with Crippen LogP contribution in [0, 0.1) is 0 Å². The second kappa shape index (κ2) is 30.5. The van der Waals surface area contributed by atoms with Crippen molar-refractivity contribution in [2.24, 2.45) is 5.73 Å². The van der Waals surface area contributed by atoms with Gasteiger partial charge in [0.2, 0.25) is 53.2 Å². The van der Waals surface area contributed by atoms with Gasteiger partial charge in [-0.2, -0.15) is 0 Å². The quantitative estimate of drug-likeness (QED) is 0.0258. The first-order valence-corrected chi connectivity index (χ1v) is 23.9. The van der Waals surface area contributed by atoms with Gasteiger partial charge in [0, 0.05) is 25.7 Å². The number of aliphatic carboxylic acids is 1. The van der Waals surface area contributed by atoms with Crippen LogP contribution in [-0.4, -0.2) is 149 Å². The summed E-state index contributed by atoms with van der Waals surface area (Å²) in [4.78, 5) is 131. The summed E-state index contributed by atoms with van der Waals surface area (Å²) in [5, 5.41) is 52.3. The van der Waals surface area contributed by atoms with Crippen LogP contribution in [0.1, 0.15) is 36.1 Å². The molecule has 9 amide bonds. The maximum Gasteiger partial charge on any atom is 0.326 e. The molecule has 23 heteroatoms. The highest BCUT2D eigenvalue weighted by Gasteiger charge is 2.34. The SMILES string of the molecule is C[C@H](NC(=O)[C@H](Cc1ccccc1)NC(=O)[C@H](Cc1ccccc1)NC(=O)[C@@H](NC(=O)[C@H](CO)NC(=O)CNC(=O)[C@H](Cc1ccccc1)NC(=O)CN)[C@@H](C)O)C(=O)NCC(=O)N[C@@H](Cc1ccccc1)C(=O)O. The molecule has 4 rings (SSSR count). The van der Waals surface area contributed by atoms with Crippen molar-refractivity contribution in [1.82, 2.24) is 47.9 Å². The van der Waals surface area contributed by atoms with Crippen LogP contribution in [0.5, 0.6) is 0 Å². The molecule has 0 unspecified atom stereocenters. The number of carbonyl (C=O) groups is 10. The summed E-state index contributed by atoms with van der Waals surface area (Å²) in [6.07, 6.45) is -1.86. The van der Waals surface area contributed by atoms with Gasteiger partial charge in [-0.15, -0.1) is 0 Å². The van der Waals surface area contributed by atoms with Crippen molar-refractivity contribution in [3.63, 3.8) is 0 Å². The number of nitrogens with one attached hydrogen (secondary N) is 9. The maximum absolute atomic E-state index is 14.3. The number of aliphatic hydroxyl groups is 2. The fourth-order valence-electron chi connectivity index (χ4n) is 7.35. The average Bonchev–Trinajstić information content (AvgIpc) is 3.40. The number of carbonyl (C=O) groups excluding carboxylic acids is 9. The Morgan fingerprint density at radius 2 is 0.773 bits per heavy atom. The van der Waals surface area contributed by atoms with E-state index in [0.717, 1.165) is 6.92 Å². The fraction of sp³-hybridized carbons (Fsp3) is 0.346. The van der Waals surface area contributed by atoms with Crippen molar-refractivity contribution in [2.75, 3.05) is 26.2 Å². The zero-order valence-electron chi connectivity index (χ0n) is 41.3. The van der Waals surface area contributed by atoms with E-state index in [0.29, 0.717) is 22.3 Å². The van der Waals surface area contributed by atoms with E-state index in [4.69, 9.17) is 5.73 Å². The Labute approximate surface area is 432 Å². The number of amides is 9. The fourth-order valence-corrected chi connectivity index (χ4v) is 7.35. The number of hydrogen-bond donors (Lipinski definition) is 13. The van der Waals surface area contributed by atoms with E-state index in [9.17, 15) is 63.3 Å². The normalized spacial score (nSPS) is 14.0. The van der Waals surface area contributed by atoms with Crippen LogP contribution in [0.3, 0.4) is 0 Å². The van der Waals surface area contributed by atoms with Gasteiger partial charge in [0.1, 0.15) is 42.3 Å². The number of rotatable bonds is 29. The molecule has 23 nitrogen and oxygen atoms in total. The van der Waals surface area contributed by atoms with Crippen LogP contribution >= 0.6 is 0 Å². The topological polar surface area (TPSA) is 366 Å². The summed E-state index contributed by atoms with van der Waals surface area (Å²) in [5.41, 5.74) is 7.91. The molecule has 8 atom stereocenters. The minimum Gasteiger partial charge on any atom is -0.480 e. The Kier molecular flexibility index (Phi) is 24.0. The first-order valence-electron chi connectivity index (χ1n) is 23.9. The predicted octanol–water partition coefficient (Wildman–Crippen LogP) is -2.98. The first kappa shape index (κ1) is 59.0. The molecule has 0 radical (unpaired) electrons. The molecule has 0 bridgehead atoms. The average molecular weight is 1040 g/mol. The summed E-state index contributed by atoms with van der Waals surface area (Å²) in [7, 11) is 0. The largest absolute Gasteiger partial charge is 0.480 e. The molecule has 4 aromatic rings. The smallest absolute Gasteiger partial charge is 0.326 e. The summed E-state index contributed by atoms with van der Waals surface area (Å²) >= 11 is 0. The molecule has 0 aliphatic heterocycles. The van der Waals surface area contributed by atoms with Crippen molar-refractivity contribution in [3.05, 3.63) is 144 Å². The van der Waals surface area contributed by atoms with Crippen molar-refractivity contribution >= 4 is 59.1 Å². The van der Waals surface area contributed by atoms with Gasteiger partial charge in [-0.25, -0.2) is 4.79 Å². The predicted molar refractivity (Wildman–Crippen MR) is 271 cm³/mol. The monoisotopic (exact) mass is 1040 g/mol. The van der Waals surface area contributed by atoms with Crippen LogP contribution in [0.25, 0.3) is 0 Å². The van der Waals surface area contributed by atoms with Crippen LogP contribution in [0.15, 0.2) is 121 Å². The number of nitrogens with two attached hydrogens (primary N) is 1. The lowest BCUT2D eigenvalue weighted by Gasteiger charge is -2.28. The Hall–Kier alpha value is -8.54. The van der Waals surface area contributed by atoms with Gasteiger partial charge in [0.25, 0.3) is 0 Å². The van der Waals surface area contributed by atoms with Gasteiger partial charge in [0.05, 0.1) is 32.3 Å². The standard InChI is InChI=1S/C52H64N10O13/c1-31(46(68)54-28-43(66)58-40(52(74)75)26-36-21-13-6-14-22-36)56-48(70)38(24-34-17-9-4-10-18-34)60-49(71)39(25-35-19-11-5-12-20-35)61-51(73)45(32(2)64)62-50(72)41(30-63)59-44(67)29-55-47(69)37(57-42(65)27-53)23-33-15-7-3-8-16-33/h3-22,31-32,37-41,45,63-64H,23-30,53H2,1-2H3,(H,54,68)(H,55,69)(H,56,70)(H,57,65)(H,58,66)(H,59,67)(H,60,71)(H,61,73)(H,62,72)(H,74,75)/t31-,32+,37-,38-,39-,40-,41-,45-/m0/s1. The Morgan fingerprint density at radius 1 is 0.427 bits per heavy atom. The molecule has 0 aliphatic carbocycles. The highest BCUT2D eigenvalue weighted by molar-refractivity contribution is 5.98. The molecule has 0 aliphatic rings. The third kappa shape index (κ3) is 20.5. The highest BCUT2D eigenvalue weighted by atomic mass is 16.4. The van der Waals surface area contributed by atoms with Gasteiger partial charge in [-0.3, -0.25) is 43.2 Å². The number of carboxylic acid groups (broad SMARTS) is 1. The van der Waals surface area contributed by atoms with Crippen molar-refractivity contribution < 1.29 is 63.3 Å². The third-order valence-electron chi connectivity index (χ3n) is 11.4. The van der Waals surface area contributed by atoms with Gasteiger partial charge >= 0.3 is 5.97 Å². The van der Waals surface area contributed by atoms with Crippen LogP contribution in [-0.2, 0) is 73.6 Å². The minimum absolute atomic E-state index is 0.0135. The Balaban J connectivity index is 1.43. The third-order valence-corrected chi connectivity index (χ3v) is 11.4. The van der Waals surface area contributed by atoms with Gasteiger partial charge in [0.15, 0.2) is 0 Å². The summed E-state index contributed by atoms with van der Waals surface area (Å²) in [5.74, 6) is -9.18. The summed E-state index contributed by atoms with van der Waals surface area (Å²) < 4.78 is 0. The van der Waals surface area contributed by atoms with Gasteiger partial charge in [-0.1, -0.05) is 121 Å². The molecule has 4 aromatic carbocycles. The van der Waals surface area contributed by atoms with Gasteiger partial charge < -0.3 is 68.9 Å². The molecule has 0 saturated heterocycles. The Bertz CT molecular complexity index is 2560. The van der Waals surface area contributed by atoms with E-state index in [-0.39, 0.29) is 25.7 Å². The van der Waals surface area contributed by atoms with Crippen molar-refractivity contribution in [2.45, 2.75) is 87.9 Å². The number of benzene rings is 4. The molecule has 0 heterocycles. The number of hydrogen-bond acceptors (Lipinski definition) is 13. The van der Waals surface area contributed by atoms with Gasteiger partial charge in [-0.05, 0) is 36.1 Å². The van der Waals surface area contributed by atoms with E-state index >= 15 is 0 Å².